The summed E-state index contributed by atoms with van der Waals surface area (Å²) in [5.74, 6) is -0.444. The molecule has 0 aliphatic carbocycles. The van der Waals surface area contributed by atoms with Crippen LogP contribution in [0.3, 0.4) is 0 Å². The second kappa shape index (κ2) is 9.37. The average Bonchev–Trinajstić information content (AvgIpc) is 2.76. The number of carbonyl (C=O) groups is 1. The van der Waals surface area contributed by atoms with Crippen molar-refractivity contribution in [3.63, 3.8) is 0 Å². The molecule has 0 spiro atoms. The van der Waals surface area contributed by atoms with Crippen LogP contribution in [0.15, 0.2) is 47.5 Å². The third-order valence-electron chi connectivity index (χ3n) is 4.80. The number of carbonyl (C=O) groups excluding carboxylic acids is 1. The van der Waals surface area contributed by atoms with Crippen LogP contribution in [0.25, 0.3) is 0 Å². The Labute approximate surface area is 171 Å². The summed E-state index contributed by atoms with van der Waals surface area (Å²) in [6.45, 7) is -0.363. The molecule has 1 saturated heterocycles. The lowest BCUT2D eigenvalue weighted by Gasteiger charge is -2.39. The van der Waals surface area contributed by atoms with Gasteiger partial charge >= 0.3 is 5.97 Å². The Kier molecular flexibility index (Phi) is 6.85. The second-order valence-electron chi connectivity index (χ2n) is 6.81. The summed E-state index contributed by atoms with van der Waals surface area (Å²) in [7, 11) is 1.18. The van der Waals surface area contributed by atoms with Gasteiger partial charge in [-0.25, -0.2) is 4.79 Å². The topological polar surface area (TPSA) is 148 Å². The first-order valence-corrected chi connectivity index (χ1v) is 9.19. The molecule has 10 nitrogen and oxygen atoms in total. The maximum Gasteiger partial charge on any atom is 0.343 e. The van der Waals surface area contributed by atoms with Crippen LogP contribution in [0.2, 0.25) is 0 Å². The van der Waals surface area contributed by atoms with Crippen molar-refractivity contribution < 1.29 is 39.4 Å². The number of ether oxygens (including phenoxy) is 3. The number of hydrogen-bond donors (Lipinski definition) is 4. The Hall–Kier alpha value is -2.76. The first-order chi connectivity index (χ1) is 14.3. The monoisotopic (exact) mass is 421 g/mol. The van der Waals surface area contributed by atoms with Gasteiger partial charge in [-0.05, 0) is 6.07 Å². The molecule has 10 heteroatoms. The Morgan fingerprint density at radius 1 is 1.13 bits per heavy atom. The summed E-state index contributed by atoms with van der Waals surface area (Å²) >= 11 is 0. The van der Waals surface area contributed by atoms with E-state index in [-0.39, 0.29) is 12.1 Å². The van der Waals surface area contributed by atoms with Gasteiger partial charge in [0.1, 0.15) is 35.7 Å². The number of esters is 1. The van der Waals surface area contributed by atoms with E-state index in [1.807, 2.05) is 0 Å². The van der Waals surface area contributed by atoms with Crippen LogP contribution in [0, 0.1) is 0 Å². The zero-order valence-electron chi connectivity index (χ0n) is 16.1. The Morgan fingerprint density at radius 2 is 1.87 bits per heavy atom. The molecule has 1 aliphatic heterocycles. The van der Waals surface area contributed by atoms with Crippen LogP contribution in [-0.4, -0.2) is 75.4 Å². The number of methoxy groups -OCH3 is 1. The minimum absolute atomic E-state index is 0.118. The van der Waals surface area contributed by atoms with Crippen molar-refractivity contribution in [1.82, 2.24) is 4.57 Å². The Bertz CT molecular complexity index is 942. The van der Waals surface area contributed by atoms with Gasteiger partial charge in [-0.1, -0.05) is 18.2 Å². The molecule has 1 aliphatic rings. The summed E-state index contributed by atoms with van der Waals surface area (Å²) in [5, 5.41) is 39.3. The maximum absolute atomic E-state index is 11.9. The van der Waals surface area contributed by atoms with Crippen molar-refractivity contribution in [3.8, 4) is 5.75 Å². The predicted octanol–water partition coefficient (Wildman–Crippen LogP) is -1.14. The molecule has 5 atom stereocenters. The van der Waals surface area contributed by atoms with E-state index in [1.54, 1.807) is 28.8 Å². The van der Waals surface area contributed by atoms with Crippen molar-refractivity contribution in [1.29, 1.82) is 0 Å². The number of para-hydroxylation sites is 1. The van der Waals surface area contributed by atoms with Gasteiger partial charge < -0.3 is 39.2 Å². The SMILES string of the molecule is COC(=O)c1cn(Cc2ccccc2O[C@@H]2O[C@H](CO)[C@@H](O)[C@@H](O)[C@@H]2O)ccc1=O. The molecule has 1 fully saturated rings. The van der Waals surface area contributed by atoms with Crippen molar-refractivity contribution in [2.24, 2.45) is 0 Å². The highest BCUT2D eigenvalue weighted by atomic mass is 16.7. The smallest absolute Gasteiger partial charge is 0.343 e. The second-order valence-corrected chi connectivity index (χ2v) is 6.81. The van der Waals surface area contributed by atoms with Gasteiger partial charge in [0.2, 0.25) is 6.29 Å². The molecule has 1 aromatic carbocycles. The maximum atomic E-state index is 11.9. The number of benzene rings is 1. The number of rotatable bonds is 6. The molecule has 0 bridgehead atoms. The molecule has 0 radical (unpaired) electrons. The molecule has 3 rings (SSSR count). The van der Waals surface area contributed by atoms with Gasteiger partial charge in [0.05, 0.1) is 20.3 Å². The van der Waals surface area contributed by atoms with Crippen LogP contribution in [0.4, 0.5) is 0 Å². The van der Waals surface area contributed by atoms with E-state index in [0.29, 0.717) is 11.3 Å². The predicted molar refractivity (Wildman–Crippen MR) is 102 cm³/mol. The number of pyridine rings is 1. The fourth-order valence-corrected chi connectivity index (χ4v) is 3.12. The number of aliphatic hydroxyl groups excluding tert-OH is 4. The lowest BCUT2D eigenvalue weighted by atomic mass is 9.99. The third-order valence-corrected chi connectivity index (χ3v) is 4.80. The molecule has 30 heavy (non-hydrogen) atoms. The fraction of sp³-hybridized carbons (Fsp3) is 0.400. The molecule has 1 aromatic heterocycles. The fourth-order valence-electron chi connectivity index (χ4n) is 3.12. The lowest BCUT2D eigenvalue weighted by molar-refractivity contribution is -0.277. The van der Waals surface area contributed by atoms with E-state index in [4.69, 9.17) is 9.47 Å². The van der Waals surface area contributed by atoms with E-state index in [9.17, 15) is 30.0 Å². The molecular weight excluding hydrogens is 398 g/mol. The van der Waals surface area contributed by atoms with Crippen molar-refractivity contribution in [3.05, 3.63) is 64.1 Å². The van der Waals surface area contributed by atoms with E-state index in [0.717, 1.165) is 0 Å². The van der Waals surface area contributed by atoms with Crippen LogP contribution in [-0.2, 0) is 16.0 Å². The zero-order valence-corrected chi connectivity index (χ0v) is 16.1. The highest BCUT2D eigenvalue weighted by molar-refractivity contribution is 5.88. The third kappa shape index (κ3) is 4.53. The summed E-state index contributed by atoms with van der Waals surface area (Å²) < 4.78 is 17.3. The Balaban J connectivity index is 1.83. The number of aromatic nitrogens is 1. The highest BCUT2D eigenvalue weighted by Gasteiger charge is 2.44. The summed E-state index contributed by atoms with van der Waals surface area (Å²) in [5.41, 5.74) is 0.0326. The average molecular weight is 421 g/mol. The molecule has 0 saturated carbocycles. The van der Waals surface area contributed by atoms with Crippen molar-refractivity contribution in [2.75, 3.05) is 13.7 Å². The van der Waals surface area contributed by atoms with E-state index < -0.39 is 48.7 Å². The van der Waals surface area contributed by atoms with Gasteiger partial charge in [-0.3, -0.25) is 4.79 Å². The van der Waals surface area contributed by atoms with Gasteiger partial charge in [-0.2, -0.15) is 0 Å². The zero-order chi connectivity index (χ0) is 21.8. The first kappa shape index (κ1) is 21.9. The van der Waals surface area contributed by atoms with Crippen LogP contribution < -0.4 is 10.2 Å². The quantitative estimate of drug-likeness (QED) is 0.425. The van der Waals surface area contributed by atoms with Gasteiger partial charge in [0.15, 0.2) is 5.43 Å². The standard InChI is InChI=1S/C20H23NO9/c1-28-19(27)12-9-21(7-6-13(12)23)8-11-4-2-3-5-14(11)29-20-18(26)17(25)16(24)15(10-22)30-20/h2-7,9,15-18,20,22,24-26H,8,10H2,1H3/t15-,16-,17-,18+,20-/m1/s1. The summed E-state index contributed by atoms with van der Waals surface area (Å²) in [4.78, 5) is 23.6. The Morgan fingerprint density at radius 3 is 2.57 bits per heavy atom. The van der Waals surface area contributed by atoms with Gasteiger partial charge in [0, 0.05) is 24.0 Å². The molecule has 4 N–H and O–H groups in total. The molecular formula is C20H23NO9. The van der Waals surface area contributed by atoms with Gasteiger partial charge in [-0.15, -0.1) is 0 Å². The van der Waals surface area contributed by atoms with Crippen LogP contribution in [0.1, 0.15) is 15.9 Å². The van der Waals surface area contributed by atoms with E-state index in [2.05, 4.69) is 4.74 Å². The first-order valence-electron chi connectivity index (χ1n) is 9.19. The summed E-state index contributed by atoms with van der Waals surface area (Å²) in [6, 6.07) is 8.02. The largest absolute Gasteiger partial charge is 0.465 e. The number of hydrogen-bond acceptors (Lipinski definition) is 9. The van der Waals surface area contributed by atoms with Crippen molar-refractivity contribution >= 4 is 5.97 Å². The minimum Gasteiger partial charge on any atom is -0.465 e. The highest BCUT2D eigenvalue weighted by Crippen LogP contribution is 2.27. The van der Waals surface area contributed by atoms with E-state index >= 15 is 0 Å². The van der Waals surface area contributed by atoms with E-state index in [1.165, 1.54) is 25.6 Å². The molecule has 162 valence electrons. The molecule has 0 amide bonds. The number of aliphatic hydroxyl groups is 4. The molecule has 2 aromatic rings. The summed E-state index contributed by atoms with van der Waals surface area (Å²) in [6.07, 6.45) is -4.16. The number of nitrogens with zero attached hydrogens (tertiary/aromatic N) is 1. The molecule has 0 unspecified atom stereocenters. The normalized spacial score (nSPS) is 26.2. The minimum atomic E-state index is -1.56. The molecule has 2 heterocycles. The van der Waals surface area contributed by atoms with Gasteiger partial charge in [0.25, 0.3) is 0 Å². The van der Waals surface area contributed by atoms with Crippen LogP contribution in [0.5, 0.6) is 5.75 Å². The van der Waals surface area contributed by atoms with Crippen molar-refractivity contribution in [2.45, 2.75) is 37.3 Å². The lowest BCUT2D eigenvalue weighted by Crippen LogP contribution is -2.60. The van der Waals surface area contributed by atoms with Crippen LogP contribution >= 0.6 is 0 Å².